The molecule has 0 radical (unpaired) electrons. The van der Waals surface area contributed by atoms with E-state index in [2.05, 4.69) is 26.0 Å². The third-order valence-electron chi connectivity index (χ3n) is 3.89. The minimum absolute atomic E-state index is 0.364. The van der Waals surface area contributed by atoms with Gasteiger partial charge >= 0.3 is 0 Å². The van der Waals surface area contributed by atoms with Crippen molar-refractivity contribution in [1.82, 2.24) is 0 Å². The molecule has 1 unspecified atom stereocenters. The summed E-state index contributed by atoms with van der Waals surface area (Å²) in [5, 5.41) is 10.4. The first-order chi connectivity index (χ1) is 10.1. The number of ether oxygens (including phenoxy) is 1. The number of hydrogen-bond acceptors (Lipinski definition) is 2. The number of rotatable bonds is 3. The second kappa shape index (κ2) is 5.38. The summed E-state index contributed by atoms with van der Waals surface area (Å²) in [5.41, 5.74) is 2.91. The highest BCUT2D eigenvalue weighted by Gasteiger charge is 2.30. The van der Waals surface area contributed by atoms with E-state index in [-0.39, 0.29) is 5.60 Å². The molecule has 21 heavy (non-hydrogen) atoms. The van der Waals surface area contributed by atoms with Gasteiger partial charge < -0.3 is 9.84 Å². The molecule has 108 valence electrons. The average molecular weight is 280 g/mol. The van der Waals surface area contributed by atoms with Gasteiger partial charge in [0.25, 0.3) is 0 Å². The van der Waals surface area contributed by atoms with Crippen LogP contribution in [0, 0.1) is 0 Å². The molecule has 1 atom stereocenters. The molecule has 3 rings (SSSR count). The van der Waals surface area contributed by atoms with E-state index in [1.54, 1.807) is 0 Å². The molecule has 0 saturated heterocycles. The van der Waals surface area contributed by atoms with Gasteiger partial charge in [0.05, 0.1) is 6.10 Å². The number of aliphatic hydroxyl groups excluding tert-OH is 1. The van der Waals surface area contributed by atoms with Crippen molar-refractivity contribution < 1.29 is 9.84 Å². The van der Waals surface area contributed by atoms with Gasteiger partial charge in [0.15, 0.2) is 0 Å². The Labute approximate surface area is 125 Å². The zero-order chi connectivity index (χ0) is 14.9. The fraction of sp³-hybridized carbons (Fsp3) is 0.263. The number of hydrogen-bond donors (Lipinski definition) is 1. The lowest BCUT2D eigenvalue weighted by Gasteiger charge is -2.34. The molecule has 0 amide bonds. The molecular formula is C19H20O2. The molecule has 2 aromatic carbocycles. The van der Waals surface area contributed by atoms with Crippen molar-refractivity contribution in [2.45, 2.75) is 32.0 Å². The van der Waals surface area contributed by atoms with Crippen molar-refractivity contribution in [2.24, 2.45) is 0 Å². The van der Waals surface area contributed by atoms with Crippen molar-refractivity contribution in [3.05, 3.63) is 77.0 Å². The van der Waals surface area contributed by atoms with Crippen LogP contribution in [0.1, 0.15) is 43.1 Å². The average Bonchev–Trinajstić information content (AvgIpc) is 2.47. The summed E-state index contributed by atoms with van der Waals surface area (Å²) in [5.74, 6) is 0.829. The van der Waals surface area contributed by atoms with E-state index in [0.717, 1.165) is 11.3 Å². The van der Waals surface area contributed by atoms with Crippen LogP contribution in [-0.2, 0) is 10.3 Å². The van der Waals surface area contributed by atoms with Crippen molar-refractivity contribution in [3.63, 3.8) is 0 Å². The molecule has 1 heterocycles. The van der Waals surface area contributed by atoms with E-state index in [1.807, 2.05) is 48.5 Å². The van der Waals surface area contributed by atoms with Crippen molar-refractivity contribution in [1.29, 1.82) is 0 Å². The van der Waals surface area contributed by atoms with Crippen LogP contribution in [0.25, 0.3) is 6.08 Å². The van der Waals surface area contributed by atoms with Gasteiger partial charge in [-0.2, -0.15) is 0 Å². The zero-order valence-electron chi connectivity index (χ0n) is 12.4. The van der Waals surface area contributed by atoms with Crippen LogP contribution in [0.4, 0.5) is 0 Å². The molecule has 0 saturated carbocycles. The predicted molar refractivity (Wildman–Crippen MR) is 84.5 cm³/mol. The summed E-state index contributed by atoms with van der Waals surface area (Å²) in [6.07, 6.45) is 1.98. The summed E-state index contributed by atoms with van der Waals surface area (Å²) >= 11 is 0. The Morgan fingerprint density at radius 1 is 1.00 bits per heavy atom. The minimum Gasteiger partial charge on any atom is -0.487 e. The highest BCUT2D eigenvalue weighted by Crippen LogP contribution is 2.38. The lowest BCUT2D eigenvalue weighted by Crippen LogP contribution is -2.26. The largest absolute Gasteiger partial charge is 0.487 e. The molecular weight excluding hydrogens is 260 g/mol. The van der Waals surface area contributed by atoms with Crippen LogP contribution < -0.4 is 0 Å². The third kappa shape index (κ3) is 2.86. The Bertz CT molecular complexity index is 656. The molecule has 0 aromatic heterocycles. The van der Waals surface area contributed by atoms with Crippen molar-refractivity contribution in [2.75, 3.05) is 0 Å². The van der Waals surface area contributed by atoms with Crippen LogP contribution in [0.3, 0.4) is 0 Å². The summed E-state index contributed by atoms with van der Waals surface area (Å²) < 4.78 is 6.09. The Morgan fingerprint density at radius 2 is 1.67 bits per heavy atom. The topological polar surface area (TPSA) is 29.5 Å². The van der Waals surface area contributed by atoms with Crippen LogP contribution in [0.15, 0.2) is 60.4 Å². The monoisotopic (exact) mass is 280 g/mol. The fourth-order valence-corrected chi connectivity index (χ4v) is 2.84. The molecule has 1 aliphatic rings. The normalized spacial score (nSPS) is 17.4. The summed E-state index contributed by atoms with van der Waals surface area (Å²) in [6, 6.07) is 17.9. The smallest absolute Gasteiger partial charge is 0.128 e. The second-order valence-electron chi connectivity index (χ2n) is 5.94. The Hall–Kier alpha value is -2.06. The maximum absolute atomic E-state index is 10.4. The van der Waals surface area contributed by atoms with Crippen LogP contribution in [0.2, 0.25) is 0 Å². The first kappa shape index (κ1) is 13.9. The van der Waals surface area contributed by atoms with Gasteiger partial charge in [-0.25, -0.2) is 0 Å². The number of benzene rings is 2. The van der Waals surface area contributed by atoms with E-state index in [1.165, 1.54) is 11.1 Å². The van der Waals surface area contributed by atoms with Gasteiger partial charge in [0, 0.05) is 12.0 Å². The van der Waals surface area contributed by atoms with Gasteiger partial charge in [0.2, 0.25) is 0 Å². The van der Waals surface area contributed by atoms with Crippen molar-refractivity contribution >= 4 is 6.08 Å². The number of aliphatic hydroxyl groups is 1. The van der Waals surface area contributed by atoms with Gasteiger partial charge in [-0.15, -0.1) is 0 Å². The summed E-state index contributed by atoms with van der Waals surface area (Å²) in [4.78, 5) is 0. The van der Waals surface area contributed by atoms with Crippen LogP contribution in [0.5, 0.6) is 0 Å². The maximum Gasteiger partial charge on any atom is 0.128 e. The molecule has 1 N–H and O–H groups in total. The lowest BCUT2D eigenvalue weighted by molar-refractivity contribution is 0.0131. The molecule has 0 spiro atoms. The Kier molecular flexibility index (Phi) is 3.56. The fourth-order valence-electron chi connectivity index (χ4n) is 2.84. The first-order valence-electron chi connectivity index (χ1n) is 7.28. The molecule has 2 aromatic rings. The van der Waals surface area contributed by atoms with E-state index in [4.69, 9.17) is 4.74 Å². The molecule has 1 aliphatic heterocycles. The van der Waals surface area contributed by atoms with Gasteiger partial charge in [-0.3, -0.25) is 0 Å². The van der Waals surface area contributed by atoms with E-state index in [9.17, 15) is 5.11 Å². The number of fused-ring (bicyclic) bond motifs is 1. The standard InChI is InChI=1S/C19H20O2/c1-19(2)17-11-7-6-10-15(17)12-16(21-19)13-18(20)14-8-4-3-5-9-14/h3-12,18,20H,13H2,1-2H3. The third-order valence-corrected chi connectivity index (χ3v) is 3.89. The molecule has 2 nitrogen and oxygen atoms in total. The highest BCUT2D eigenvalue weighted by atomic mass is 16.5. The maximum atomic E-state index is 10.4. The van der Waals surface area contributed by atoms with Gasteiger partial charge in [-0.1, -0.05) is 54.6 Å². The first-order valence-corrected chi connectivity index (χ1v) is 7.28. The quantitative estimate of drug-likeness (QED) is 0.902. The lowest BCUT2D eigenvalue weighted by atomic mass is 9.89. The molecule has 0 fully saturated rings. The van der Waals surface area contributed by atoms with Gasteiger partial charge in [0.1, 0.15) is 11.4 Å². The van der Waals surface area contributed by atoms with Crippen LogP contribution >= 0.6 is 0 Å². The SMILES string of the molecule is CC1(C)OC(CC(O)c2ccccc2)=Cc2ccccc21. The van der Waals surface area contributed by atoms with E-state index >= 15 is 0 Å². The Morgan fingerprint density at radius 3 is 2.43 bits per heavy atom. The summed E-state index contributed by atoms with van der Waals surface area (Å²) in [7, 11) is 0. The molecule has 2 heteroatoms. The van der Waals surface area contributed by atoms with E-state index in [0.29, 0.717) is 6.42 Å². The molecule has 0 aliphatic carbocycles. The Balaban J connectivity index is 1.86. The second-order valence-corrected chi connectivity index (χ2v) is 5.94. The van der Waals surface area contributed by atoms with Gasteiger partial charge in [-0.05, 0) is 31.1 Å². The summed E-state index contributed by atoms with van der Waals surface area (Å²) in [6.45, 7) is 4.13. The van der Waals surface area contributed by atoms with Crippen molar-refractivity contribution in [3.8, 4) is 0 Å². The minimum atomic E-state index is -0.543. The predicted octanol–water partition coefficient (Wildman–Crippen LogP) is 4.42. The van der Waals surface area contributed by atoms with Crippen LogP contribution in [-0.4, -0.2) is 5.11 Å². The molecule has 0 bridgehead atoms. The van der Waals surface area contributed by atoms with E-state index < -0.39 is 6.10 Å². The highest BCUT2D eigenvalue weighted by molar-refractivity contribution is 5.59. The zero-order valence-corrected chi connectivity index (χ0v) is 12.4.